The lowest BCUT2D eigenvalue weighted by molar-refractivity contribution is 0.459. The molecule has 102 valence electrons. The Morgan fingerprint density at radius 1 is 1.37 bits per heavy atom. The van der Waals surface area contributed by atoms with Crippen molar-refractivity contribution in [3.63, 3.8) is 0 Å². The minimum Gasteiger partial charge on any atom is -0.453 e. The maximum Gasteiger partial charge on any atom is 0.171 e. The number of benzene rings is 1. The molecule has 1 heterocycles. The van der Waals surface area contributed by atoms with Crippen molar-refractivity contribution in [1.29, 1.82) is 0 Å². The summed E-state index contributed by atoms with van der Waals surface area (Å²) in [6.07, 6.45) is 0.445. The highest BCUT2D eigenvalue weighted by Crippen LogP contribution is 2.31. The van der Waals surface area contributed by atoms with E-state index in [0.717, 1.165) is 11.4 Å². The van der Waals surface area contributed by atoms with E-state index in [1.165, 1.54) is 6.07 Å². The molecule has 0 saturated carbocycles. The maximum absolute atomic E-state index is 13.8. The summed E-state index contributed by atoms with van der Waals surface area (Å²) in [5, 5.41) is 4.28. The Morgan fingerprint density at radius 3 is 2.68 bits per heavy atom. The molecule has 0 bridgehead atoms. The van der Waals surface area contributed by atoms with Crippen molar-refractivity contribution >= 4 is 0 Å². The first kappa shape index (κ1) is 13.5. The van der Waals surface area contributed by atoms with E-state index in [2.05, 4.69) is 5.10 Å². The minimum atomic E-state index is -0.290. The van der Waals surface area contributed by atoms with Gasteiger partial charge in [-0.15, -0.1) is 0 Å². The topological polar surface area (TPSA) is 53.1 Å². The normalized spacial score (nSPS) is 10.8. The van der Waals surface area contributed by atoms with Gasteiger partial charge in [-0.05, 0) is 38.9 Å². The van der Waals surface area contributed by atoms with E-state index in [0.29, 0.717) is 30.0 Å². The number of aryl methyl sites for hydroxylation is 2. The van der Waals surface area contributed by atoms with E-state index in [-0.39, 0.29) is 5.82 Å². The first-order valence-electron chi connectivity index (χ1n) is 6.20. The van der Waals surface area contributed by atoms with Crippen LogP contribution in [0.2, 0.25) is 0 Å². The molecule has 1 aromatic carbocycles. The summed E-state index contributed by atoms with van der Waals surface area (Å²) in [4.78, 5) is 0. The Kier molecular flexibility index (Phi) is 3.85. The maximum atomic E-state index is 13.8. The van der Waals surface area contributed by atoms with Crippen molar-refractivity contribution in [2.75, 3.05) is 6.54 Å². The van der Waals surface area contributed by atoms with Crippen molar-refractivity contribution < 1.29 is 9.13 Å². The van der Waals surface area contributed by atoms with Gasteiger partial charge in [-0.1, -0.05) is 6.07 Å². The molecule has 0 aliphatic heterocycles. The summed E-state index contributed by atoms with van der Waals surface area (Å²) in [5.41, 5.74) is 7.71. The van der Waals surface area contributed by atoms with Gasteiger partial charge >= 0.3 is 0 Å². The third-order valence-electron chi connectivity index (χ3n) is 3.12. The van der Waals surface area contributed by atoms with Crippen LogP contribution in [0.15, 0.2) is 18.2 Å². The Morgan fingerprint density at radius 2 is 2.11 bits per heavy atom. The summed E-state index contributed by atoms with van der Waals surface area (Å²) in [6, 6.07) is 4.80. The minimum absolute atomic E-state index is 0.290. The molecule has 2 N–H and O–H groups in total. The molecule has 0 fully saturated rings. The molecular formula is C14H18FN3O. The van der Waals surface area contributed by atoms with Crippen LogP contribution in [0.4, 0.5) is 4.39 Å². The molecule has 0 unspecified atom stereocenters. The Balaban J connectivity index is 2.40. The van der Waals surface area contributed by atoms with Crippen LogP contribution in [0.3, 0.4) is 0 Å². The highest BCUT2D eigenvalue weighted by Gasteiger charge is 2.15. The van der Waals surface area contributed by atoms with Crippen LogP contribution in [-0.4, -0.2) is 16.3 Å². The number of ether oxygens (including phenoxy) is 1. The molecule has 1 aromatic heterocycles. The monoisotopic (exact) mass is 263 g/mol. The fourth-order valence-corrected chi connectivity index (χ4v) is 2.03. The van der Waals surface area contributed by atoms with Gasteiger partial charge in [-0.25, -0.2) is 4.39 Å². The van der Waals surface area contributed by atoms with Crippen LogP contribution in [0.5, 0.6) is 11.5 Å². The zero-order valence-electron chi connectivity index (χ0n) is 11.4. The predicted molar refractivity (Wildman–Crippen MR) is 71.9 cm³/mol. The molecule has 0 spiro atoms. The highest BCUT2D eigenvalue weighted by molar-refractivity contribution is 5.42. The number of rotatable bonds is 4. The van der Waals surface area contributed by atoms with E-state index in [1.807, 2.05) is 20.9 Å². The largest absolute Gasteiger partial charge is 0.453 e. The van der Waals surface area contributed by atoms with Crippen LogP contribution in [0.1, 0.15) is 17.0 Å². The Labute approximate surface area is 112 Å². The molecule has 2 aromatic rings. The van der Waals surface area contributed by atoms with Crippen LogP contribution in [0, 0.1) is 19.7 Å². The predicted octanol–water partition coefficient (Wildman–Crippen LogP) is 2.47. The van der Waals surface area contributed by atoms with E-state index in [1.54, 1.807) is 16.8 Å². The van der Waals surface area contributed by atoms with Crippen LogP contribution in [0.25, 0.3) is 0 Å². The van der Waals surface area contributed by atoms with Crippen LogP contribution < -0.4 is 10.5 Å². The molecule has 0 aliphatic rings. The molecular weight excluding hydrogens is 245 g/mol. The molecule has 5 heteroatoms. The smallest absolute Gasteiger partial charge is 0.171 e. The Hall–Kier alpha value is -1.88. The SMILES string of the molecule is Cc1nn(C)c(C)c1Oc1cccc(F)c1CCN. The average Bonchev–Trinajstić information content (AvgIpc) is 2.60. The third kappa shape index (κ3) is 2.61. The number of hydrogen-bond acceptors (Lipinski definition) is 3. The zero-order chi connectivity index (χ0) is 14.0. The van der Waals surface area contributed by atoms with Crippen LogP contribution >= 0.6 is 0 Å². The fraction of sp³-hybridized carbons (Fsp3) is 0.357. The van der Waals surface area contributed by atoms with Crippen molar-refractivity contribution in [3.05, 3.63) is 41.0 Å². The van der Waals surface area contributed by atoms with Crippen LogP contribution in [-0.2, 0) is 13.5 Å². The molecule has 4 nitrogen and oxygen atoms in total. The van der Waals surface area contributed by atoms with Crippen molar-refractivity contribution in [2.24, 2.45) is 12.8 Å². The third-order valence-corrected chi connectivity index (χ3v) is 3.12. The molecule has 19 heavy (non-hydrogen) atoms. The molecule has 0 aliphatic carbocycles. The molecule has 2 rings (SSSR count). The van der Waals surface area contributed by atoms with Gasteiger partial charge in [0, 0.05) is 12.6 Å². The van der Waals surface area contributed by atoms with Crippen molar-refractivity contribution in [1.82, 2.24) is 9.78 Å². The molecule has 0 radical (unpaired) electrons. The second-order valence-corrected chi connectivity index (χ2v) is 4.48. The number of nitrogens with zero attached hydrogens (tertiary/aromatic N) is 2. The van der Waals surface area contributed by atoms with Gasteiger partial charge in [0.05, 0.1) is 5.69 Å². The lowest BCUT2D eigenvalue weighted by Crippen LogP contribution is -2.06. The number of hydrogen-bond donors (Lipinski definition) is 1. The first-order chi connectivity index (χ1) is 9.04. The molecule has 0 atom stereocenters. The van der Waals surface area contributed by atoms with Crippen molar-refractivity contribution in [2.45, 2.75) is 20.3 Å². The van der Waals surface area contributed by atoms with Gasteiger partial charge in [0.2, 0.25) is 0 Å². The Bertz CT molecular complexity index is 593. The number of nitrogens with two attached hydrogens (primary N) is 1. The highest BCUT2D eigenvalue weighted by atomic mass is 19.1. The number of aromatic nitrogens is 2. The number of halogens is 1. The first-order valence-corrected chi connectivity index (χ1v) is 6.20. The summed E-state index contributed by atoms with van der Waals surface area (Å²) < 4.78 is 21.4. The average molecular weight is 263 g/mol. The second-order valence-electron chi connectivity index (χ2n) is 4.48. The lowest BCUT2D eigenvalue weighted by Gasteiger charge is -2.11. The summed E-state index contributed by atoms with van der Waals surface area (Å²) in [6.45, 7) is 4.16. The zero-order valence-corrected chi connectivity index (χ0v) is 11.4. The quantitative estimate of drug-likeness (QED) is 0.922. The fourth-order valence-electron chi connectivity index (χ4n) is 2.03. The summed E-state index contributed by atoms with van der Waals surface area (Å²) >= 11 is 0. The standard InChI is InChI=1S/C14H18FN3O/c1-9-14(10(2)18(3)17-9)19-13-6-4-5-12(15)11(13)7-8-16/h4-6H,7-8,16H2,1-3H3. The van der Waals surface area contributed by atoms with Gasteiger partial charge in [0.25, 0.3) is 0 Å². The van der Waals surface area contributed by atoms with Gasteiger partial charge in [-0.3, -0.25) is 4.68 Å². The van der Waals surface area contributed by atoms with E-state index < -0.39 is 0 Å². The molecule has 0 amide bonds. The van der Waals surface area contributed by atoms with Gasteiger partial charge in [0.15, 0.2) is 5.75 Å². The summed E-state index contributed by atoms with van der Waals surface area (Å²) in [5.74, 6) is 0.887. The van der Waals surface area contributed by atoms with Crippen molar-refractivity contribution in [3.8, 4) is 11.5 Å². The van der Waals surface area contributed by atoms with Gasteiger partial charge < -0.3 is 10.5 Å². The second kappa shape index (κ2) is 5.40. The summed E-state index contributed by atoms with van der Waals surface area (Å²) in [7, 11) is 1.85. The molecule has 0 saturated heterocycles. The van der Waals surface area contributed by atoms with E-state index in [4.69, 9.17) is 10.5 Å². The van der Waals surface area contributed by atoms with E-state index >= 15 is 0 Å². The lowest BCUT2D eigenvalue weighted by atomic mass is 10.1. The van der Waals surface area contributed by atoms with Gasteiger partial charge in [-0.2, -0.15) is 5.10 Å². The van der Waals surface area contributed by atoms with E-state index in [9.17, 15) is 4.39 Å². The van der Waals surface area contributed by atoms with Gasteiger partial charge in [0.1, 0.15) is 17.3 Å².